The van der Waals surface area contributed by atoms with Gasteiger partial charge in [-0.2, -0.15) is 9.97 Å². The maximum atomic E-state index is 10.2. The van der Waals surface area contributed by atoms with Gasteiger partial charge >= 0.3 is 0 Å². The minimum absolute atomic E-state index is 0.0627. The zero-order valence-electron chi connectivity index (χ0n) is 14.5. The Morgan fingerprint density at radius 1 is 1.33 bits per heavy atom. The molecule has 0 saturated carbocycles. The lowest BCUT2D eigenvalue weighted by Gasteiger charge is -2.17. The zero-order valence-corrected chi connectivity index (χ0v) is 16.7. The molecule has 142 valence electrons. The van der Waals surface area contributed by atoms with E-state index in [4.69, 9.17) is 4.74 Å². The van der Waals surface area contributed by atoms with Gasteiger partial charge in [-0.25, -0.2) is 4.98 Å². The maximum absolute atomic E-state index is 10.2. The van der Waals surface area contributed by atoms with Crippen molar-refractivity contribution in [3.8, 4) is 0 Å². The molecule has 9 nitrogen and oxygen atoms in total. The van der Waals surface area contributed by atoms with Crippen LogP contribution in [0.25, 0.3) is 11.2 Å². The largest absolute Gasteiger partial charge is 0.388 e. The number of aromatic nitrogens is 4. The van der Waals surface area contributed by atoms with E-state index < -0.39 is 18.4 Å². The molecule has 27 heavy (non-hydrogen) atoms. The van der Waals surface area contributed by atoms with E-state index in [1.807, 2.05) is 18.2 Å². The van der Waals surface area contributed by atoms with E-state index in [1.54, 1.807) is 17.9 Å². The number of hydrogen-bond donors (Lipinski definition) is 4. The first-order valence-corrected chi connectivity index (χ1v) is 9.53. The lowest BCUT2D eigenvalue weighted by Crippen LogP contribution is -2.28. The second-order valence-corrected chi connectivity index (χ2v) is 7.48. The topological polar surface area (TPSA) is 117 Å². The summed E-state index contributed by atoms with van der Waals surface area (Å²) in [5.74, 6) is 0.998. The van der Waals surface area contributed by atoms with Gasteiger partial charge in [0, 0.05) is 17.2 Å². The summed E-state index contributed by atoms with van der Waals surface area (Å²) in [4.78, 5) is 13.3. The highest BCUT2D eigenvalue weighted by molar-refractivity contribution is 14.1. The van der Waals surface area contributed by atoms with E-state index in [-0.39, 0.29) is 6.61 Å². The molecule has 3 aromatic rings. The highest BCUT2D eigenvalue weighted by Gasteiger charge is 2.37. The summed E-state index contributed by atoms with van der Waals surface area (Å²) >= 11 is 2.28. The Kier molecular flexibility index (Phi) is 5.12. The number of anilines is 2. The normalized spacial score (nSPS) is 22.3. The molecule has 0 bridgehead atoms. The summed E-state index contributed by atoms with van der Waals surface area (Å²) in [6.45, 7) is 0.646. The van der Waals surface area contributed by atoms with Crippen LogP contribution < -0.4 is 10.6 Å². The number of aliphatic hydroxyl groups is 2. The highest BCUT2D eigenvalue weighted by Crippen LogP contribution is 2.29. The summed E-state index contributed by atoms with van der Waals surface area (Å²) in [7, 11) is 1.73. The van der Waals surface area contributed by atoms with Gasteiger partial charge in [0.05, 0.1) is 12.9 Å². The monoisotopic (exact) mass is 482 g/mol. The molecule has 3 heterocycles. The molecule has 1 fully saturated rings. The Bertz CT molecular complexity index is 965. The van der Waals surface area contributed by atoms with Crippen molar-refractivity contribution in [2.75, 3.05) is 24.3 Å². The van der Waals surface area contributed by atoms with Crippen molar-refractivity contribution >= 4 is 45.5 Å². The van der Waals surface area contributed by atoms with Gasteiger partial charge in [-0.15, -0.1) is 0 Å². The van der Waals surface area contributed by atoms with E-state index in [1.165, 1.54) is 0 Å². The second-order valence-electron chi connectivity index (χ2n) is 6.24. The maximum Gasteiger partial charge on any atom is 0.226 e. The average molecular weight is 482 g/mol. The Hall–Kier alpha value is -2.02. The SMILES string of the molecule is CNc1nc(NCc2cccc(I)c2)c2ncn([C@@H]3OC[C@@H](O)[C@H]3O)c2n1. The molecule has 0 spiro atoms. The number of imidazole rings is 1. The quantitative estimate of drug-likeness (QED) is 0.403. The molecule has 3 atom stereocenters. The van der Waals surface area contributed by atoms with E-state index in [2.05, 4.69) is 54.2 Å². The van der Waals surface area contributed by atoms with Gasteiger partial charge < -0.3 is 25.6 Å². The van der Waals surface area contributed by atoms with Gasteiger partial charge in [-0.1, -0.05) is 12.1 Å². The molecular weight excluding hydrogens is 463 g/mol. The number of benzene rings is 1. The number of aliphatic hydroxyl groups excluding tert-OH is 2. The zero-order chi connectivity index (χ0) is 19.0. The molecule has 2 aromatic heterocycles. The van der Waals surface area contributed by atoms with E-state index in [9.17, 15) is 10.2 Å². The smallest absolute Gasteiger partial charge is 0.226 e. The van der Waals surface area contributed by atoms with Crippen LogP contribution in [0.5, 0.6) is 0 Å². The van der Waals surface area contributed by atoms with E-state index >= 15 is 0 Å². The lowest BCUT2D eigenvalue weighted by molar-refractivity contribution is -0.0162. The first-order valence-electron chi connectivity index (χ1n) is 8.45. The summed E-state index contributed by atoms with van der Waals surface area (Å²) in [6.07, 6.45) is -1.18. The molecule has 1 aromatic carbocycles. The number of ether oxygens (including phenoxy) is 1. The van der Waals surface area contributed by atoms with Gasteiger partial charge in [-0.05, 0) is 40.3 Å². The predicted molar refractivity (Wildman–Crippen MR) is 108 cm³/mol. The number of rotatable bonds is 5. The molecule has 4 N–H and O–H groups in total. The molecule has 0 radical (unpaired) electrons. The molecule has 4 rings (SSSR count). The summed E-state index contributed by atoms with van der Waals surface area (Å²) in [6, 6.07) is 8.17. The molecule has 0 amide bonds. The predicted octanol–water partition coefficient (Wildman–Crippen LogP) is 1.34. The third-order valence-electron chi connectivity index (χ3n) is 4.39. The van der Waals surface area contributed by atoms with E-state index in [0.29, 0.717) is 29.5 Å². The molecular formula is C17H19IN6O3. The fraction of sp³-hybridized carbons (Fsp3) is 0.353. The van der Waals surface area contributed by atoms with Crippen molar-refractivity contribution in [2.45, 2.75) is 25.0 Å². The number of nitrogens with zero attached hydrogens (tertiary/aromatic N) is 4. The van der Waals surface area contributed by atoms with Crippen molar-refractivity contribution in [1.29, 1.82) is 0 Å². The Labute approximate surface area is 168 Å². The van der Waals surface area contributed by atoms with Crippen molar-refractivity contribution in [3.05, 3.63) is 39.7 Å². The Morgan fingerprint density at radius 2 is 2.19 bits per heavy atom. The third-order valence-corrected chi connectivity index (χ3v) is 5.06. The third kappa shape index (κ3) is 3.57. The molecule has 1 aliphatic rings. The summed E-state index contributed by atoms with van der Waals surface area (Å²) < 4.78 is 8.29. The van der Waals surface area contributed by atoms with Crippen molar-refractivity contribution in [2.24, 2.45) is 0 Å². The number of halogens is 1. The summed E-state index contributed by atoms with van der Waals surface area (Å²) in [5.41, 5.74) is 2.20. The first-order chi connectivity index (χ1) is 13.1. The number of nitrogens with one attached hydrogen (secondary N) is 2. The van der Waals surface area contributed by atoms with Crippen LogP contribution in [0.4, 0.5) is 11.8 Å². The Balaban J connectivity index is 1.68. The van der Waals surface area contributed by atoms with Crippen molar-refractivity contribution in [1.82, 2.24) is 19.5 Å². The van der Waals surface area contributed by atoms with Gasteiger partial charge in [-0.3, -0.25) is 4.57 Å². The van der Waals surface area contributed by atoms with Crippen LogP contribution in [0, 0.1) is 3.57 Å². The fourth-order valence-electron chi connectivity index (χ4n) is 3.00. The standard InChI is InChI=1S/C17H19IN6O3/c1-19-17-22-14(20-6-9-3-2-4-10(18)5-9)12-15(23-17)24(8-21-12)16-13(26)11(25)7-27-16/h2-5,8,11,13,16,25-26H,6-7H2,1H3,(H2,19,20,22,23)/t11-,13-,16-/m1/s1. The van der Waals surface area contributed by atoms with Crippen LogP contribution in [-0.2, 0) is 11.3 Å². The van der Waals surface area contributed by atoms with Gasteiger partial charge in [0.25, 0.3) is 0 Å². The number of hydrogen-bond acceptors (Lipinski definition) is 8. The summed E-state index contributed by atoms with van der Waals surface area (Å²) in [5, 5.41) is 26.2. The van der Waals surface area contributed by atoms with Crippen LogP contribution in [0.3, 0.4) is 0 Å². The van der Waals surface area contributed by atoms with Crippen LogP contribution in [0.1, 0.15) is 11.8 Å². The van der Waals surface area contributed by atoms with Crippen molar-refractivity contribution in [3.63, 3.8) is 0 Å². The molecule has 1 saturated heterocycles. The van der Waals surface area contributed by atoms with Crippen LogP contribution in [0.15, 0.2) is 30.6 Å². The van der Waals surface area contributed by atoms with Gasteiger partial charge in [0.2, 0.25) is 5.95 Å². The highest BCUT2D eigenvalue weighted by atomic mass is 127. The van der Waals surface area contributed by atoms with Crippen LogP contribution >= 0.6 is 22.6 Å². The number of fused-ring (bicyclic) bond motifs is 1. The average Bonchev–Trinajstić information content (AvgIpc) is 3.23. The first kappa shape index (κ1) is 18.3. The van der Waals surface area contributed by atoms with Gasteiger partial charge in [0.1, 0.15) is 12.2 Å². The van der Waals surface area contributed by atoms with Crippen LogP contribution in [-0.4, -0.2) is 55.6 Å². The molecule has 10 heteroatoms. The van der Waals surface area contributed by atoms with Gasteiger partial charge in [0.15, 0.2) is 23.2 Å². The minimum atomic E-state index is -1.04. The lowest BCUT2D eigenvalue weighted by atomic mass is 10.2. The molecule has 0 unspecified atom stereocenters. The molecule has 1 aliphatic heterocycles. The van der Waals surface area contributed by atoms with E-state index in [0.717, 1.165) is 9.13 Å². The molecule has 0 aliphatic carbocycles. The van der Waals surface area contributed by atoms with Crippen molar-refractivity contribution < 1.29 is 14.9 Å². The Morgan fingerprint density at radius 3 is 2.89 bits per heavy atom. The van der Waals surface area contributed by atoms with Crippen LogP contribution in [0.2, 0.25) is 0 Å². The minimum Gasteiger partial charge on any atom is -0.388 e. The fourth-order valence-corrected chi connectivity index (χ4v) is 3.61. The second kappa shape index (κ2) is 7.54.